The molecule has 2 unspecified atom stereocenters. The zero-order valence-electron chi connectivity index (χ0n) is 13.0. The van der Waals surface area contributed by atoms with Gasteiger partial charge in [0.15, 0.2) is 0 Å². The van der Waals surface area contributed by atoms with Crippen molar-refractivity contribution >= 4 is 41.9 Å². The first-order valence-electron chi connectivity index (χ1n) is 6.51. The molecule has 0 aliphatic rings. The van der Waals surface area contributed by atoms with Gasteiger partial charge in [-0.1, -0.05) is 45.2 Å². The molecule has 7 heteroatoms. The lowest BCUT2D eigenvalue weighted by atomic mass is 9.91. The largest absolute Gasteiger partial charge is 0.469 e. The van der Waals surface area contributed by atoms with Crippen LogP contribution in [0.4, 0.5) is 4.79 Å². The zero-order chi connectivity index (χ0) is 16.1. The highest BCUT2D eigenvalue weighted by Crippen LogP contribution is 2.65. The molecule has 0 bridgehead atoms. The maximum absolute atomic E-state index is 12.9. The third-order valence-electron chi connectivity index (χ3n) is 3.80. The summed E-state index contributed by atoms with van der Waals surface area (Å²) in [6.07, 6.45) is 0.494. The Morgan fingerprint density at radius 1 is 1.30 bits per heavy atom. The molecule has 0 saturated heterocycles. The smallest absolute Gasteiger partial charge is 0.305 e. The van der Waals surface area contributed by atoms with Gasteiger partial charge in [-0.05, 0) is 31.6 Å². The molecule has 0 N–H and O–H groups in total. The summed E-state index contributed by atoms with van der Waals surface area (Å²) in [5.41, 5.74) is 0. The minimum absolute atomic E-state index is 0.00842. The van der Waals surface area contributed by atoms with Crippen molar-refractivity contribution in [3.05, 3.63) is 0 Å². The minimum atomic E-state index is -2.65. The van der Waals surface area contributed by atoms with Gasteiger partial charge < -0.3 is 9.30 Å². The highest BCUT2D eigenvalue weighted by Gasteiger charge is 2.49. The number of hydrogen-bond acceptors (Lipinski definition) is 5. The second-order valence-corrected chi connectivity index (χ2v) is 11.5. The Morgan fingerprint density at radius 3 is 2.10 bits per heavy atom. The van der Waals surface area contributed by atoms with E-state index in [0.29, 0.717) is 6.42 Å². The Kier molecular flexibility index (Phi) is 7.93. The van der Waals surface area contributed by atoms with Crippen LogP contribution in [-0.2, 0) is 14.1 Å². The molecule has 0 saturated carbocycles. The van der Waals surface area contributed by atoms with E-state index < -0.39 is 11.6 Å². The minimum Gasteiger partial charge on any atom is -0.469 e. The van der Waals surface area contributed by atoms with Gasteiger partial charge >= 0.3 is 5.97 Å². The van der Waals surface area contributed by atoms with E-state index >= 15 is 0 Å². The van der Waals surface area contributed by atoms with Crippen LogP contribution in [0, 0.1) is 11.8 Å². The Morgan fingerprint density at radius 2 is 1.80 bits per heavy atom. The van der Waals surface area contributed by atoms with E-state index in [0.717, 1.165) is 11.8 Å². The molecule has 0 aromatic carbocycles. The van der Waals surface area contributed by atoms with Gasteiger partial charge in [0.05, 0.1) is 18.7 Å². The summed E-state index contributed by atoms with van der Waals surface area (Å²) in [7, 11) is -1.33. The van der Waals surface area contributed by atoms with E-state index in [1.54, 1.807) is 13.3 Å². The first-order valence-corrected chi connectivity index (χ1v) is 10.4. The molecule has 20 heavy (non-hydrogen) atoms. The van der Waals surface area contributed by atoms with Crippen LogP contribution in [0.3, 0.4) is 0 Å². The van der Waals surface area contributed by atoms with Crippen LogP contribution in [0.2, 0.25) is 0 Å². The summed E-state index contributed by atoms with van der Waals surface area (Å²) in [5, 5.41) is 0. The van der Waals surface area contributed by atoms with Gasteiger partial charge in [-0.15, -0.1) is 0 Å². The van der Waals surface area contributed by atoms with E-state index in [9.17, 15) is 14.2 Å². The predicted molar refractivity (Wildman–Crippen MR) is 89.4 cm³/mol. The Hall–Kier alpha value is 0.0700. The van der Waals surface area contributed by atoms with Crippen molar-refractivity contribution in [3.8, 4) is 0 Å². The first-order chi connectivity index (χ1) is 8.98. The molecule has 0 spiro atoms. The van der Waals surface area contributed by atoms with Gasteiger partial charge in [0.25, 0.3) is 0 Å². The average Bonchev–Trinajstić information content (AvgIpc) is 2.30. The number of esters is 1. The number of carbonyl (C=O) groups excluding carboxylic acids is 2. The van der Waals surface area contributed by atoms with Gasteiger partial charge in [-0.3, -0.25) is 9.59 Å². The standard InChI is InChI=1S/C13H25O4PS2/c1-9(2)10(3)13(18(5,6)16,20-12(15)19)8-7-11(14)17-4/h9-10H,7-8H2,1-6H3,(H,15,19). The molecule has 0 aliphatic heterocycles. The molecule has 0 amide bonds. The molecular formula is C13H25O4PS2. The van der Waals surface area contributed by atoms with E-state index in [1.807, 2.05) is 20.8 Å². The van der Waals surface area contributed by atoms with Gasteiger partial charge in [0.2, 0.25) is 4.45 Å². The first kappa shape index (κ1) is 20.1. The number of ether oxygens (including phenoxy) is 1. The summed E-state index contributed by atoms with van der Waals surface area (Å²) >= 11 is 4.84. The Balaban J connectivity index is 5.61. The van der Waals surface area contributed by atoms with Crippen molar-refractivity contribution in [2.24, 2.45) is 11.8 Å². The van der Waals surface area contributed by atoms with Crippen LogP contribution in [0.15, 0.2) is 0 Å². The number of thioether (sulfide) groups is 1. The lowest BCUT2D eigenvalue weighted by molar-refractivity contribution is -0.140. The average molecular weight is 340 g/mol. The number of hydrogen-bond donors (Lipinski definition) is 1. The summed E-state index contributed by atoms with van der Waals surface area (Å²) in [6, 6.07) is 0. The highest BCUT2D eigenvalue weighted by atomic mass is 32.2. The number of rotatable bonds is 7. The molecule has 0 aromatic rings. The van der Waals surface area contributed by atoms with Crippen LogP contribution in [0.5, 0.6) is 0 Å². The molecular weight excluding hydrogens is 315 g/mol. The van der Waals surface area contributed by atoms with E-state index in [2.05, 4.69) is 17.4 Å². The number of methoxy groups -OCH3 is 1. The van der Waals surface area contributed by atoms with Crippen LogP contribution in [-0.4, -0.2) is 35.3 Å². The topological polar surface area (TPSA) is 60.4 Å². The van der Waals surface area contributed by atoms with Crippen molar-refractivity contribution in [1.82, 2.24) is 0 Å². The van der Waals surface area contributed by atoms with E-state index in [1.165, 1.54) is 7.11 Å². The quantitative estimate of drug-likeness (QED) is 0.424. The zero-order valence-corrected chi connectivity index (χ0v) is 15.6. The normalized spacial score (nSPS) is 16.6. The maximum Gasteiger partial charge on any atom is 0.305 e. The molecule has 0 fully saturated rings. The van der Waals surface area contributed by atoms with Crippen LogP contribution >= 0.6 is 31.5 Å². The second-order valence-electron chi connectivity index (χ2n) is 5.67. The summed E-state index contributed by atoms with van der Waals surface area (Å²) < 4.78 is 16.4. The van der Waals surface area contributed by atoms with Gasteiger partial charge in [-0.25, -0.2) is 0 Å². The van der Waals surface area contributed by atoms with Crippen LogP contribution in [0.25, 0.3) is 0 Å². The Labute approximate surface area is 131 Å². The van der Waals surface area contributed by atoms with Crippen LogP contribution < -0.4 is 0 Å². The highest BCUT2D eigenvalue weighted by molar-refractivity contribution is 8.34. The van der Waals surface area contributed by atoms with Gasteiger partial charge in [0.1, 0.15) is 0 Å². The predicted octanol–water partition coefficient (Wildman–Crippen LogP) is 4.33. The summed E-state index contributed by atoms with van der Waals surface area (Å²) in [5.74, 6) is -0.110. The van der Waals surface area contributed by atoms with E-state index in [-0.39, 0.29) is 28.7 Å². The van der Waals surface area contributed by atoms with Crippen molar-refractivity contribution in [3.63, 3.8) is 0 Å². The fourth-order valence-corrected chi connectivity index (χ4v) is 7.02. The molecule has 4 nitrogen and oxygen atoms in total. The molecule has 0 aromatic heterocycles. The number of carbonyl (C=O) groups is 2. The second kappa shape index (κ2) is 7.90. The van der Waals surface area contributed by atoms with Gasteiger partial charge in [-0.2, -0.15) is 0 Å². The third kappa shape index (κ3) is 5.12. The maximum atomic E-state index is 12.9. The van der Waals surface area contributed by atoms with Gasteiger partial charge in [0, 0.05) is 6.42 Å². The van der Waals surface area contributed by atoms with E-state index in [4.69, 9.17) is 0 Å². The van der Waals surface area contributed by atoms with Crippen molar-refractivity contribution < 1.29 is 18.9 Å². The molecule has 118 valence electrons. The molecule has 0 radical (unpaired) electrons. The molecule has 2 atom stereocenters. The van der Waals surface area contributed by atoms with Crippen molar-refractivity contribution in [2.75, 3.05) is 20.4 Å². The SMILES string of the molecule is COC(=O)CCC(SC(=O)S)(C(C)C(C)C)P(C)(C)=O. The molecule has 0 rings (SSSR count). The lowest BCUT2D eigenvalue weighted by Gasteiger charge is -2.42. The fourth-order valence-electron chi connectivity index (χ4n) is 2.30. The summed E-state index contributed by atoms with van der Waals surface area (Å²) in [4.78, 5) is 23.0. The van der Waals surface area contributed by atoms with Crippen LogP contribution in [0.1, 0.15) is 33.6 Å². The third-order valence-corrected chi connectivity index (χ3v) is 9.23. The Bertz CT molecular complexity index is 405. The van der Waals surface area contributed by atoms with Crippen molar-refractivity contribution in [1.29, 1.82) is 0 Å². The lowest BCUT2D eigenvalue weighted by Crippen LogP contribution is -2.37. The molecule has 0 aliphatic carbocycles. The summed E-state index contributed by atoms with van der Waals surface area (Å²) in [6.45, 7) is 9.37. The molecule has 0 heterocycles. The monoisotopic (exact) mass is 340 g/mol. The van der Waals surface area contributed by atoms with Crippen molar-refractivity contribution in [2.45, 2.75) is 38.1 Å². The number of thiol groups is 1. The fraction of sp³-hybridized carbons (Fsp3) is 0.846.